The van der Waals surface area contributed by atoms with Gasteiger partial charge in [0.1, 0.15) is 10.6 Å². The van der Waals surface area contributed by atoms with Crippen LogP contribution in [0.2, 0.25) is 0 Å². The number of nitrogens with zero attached hydrogens (tertiary/aromatic N) is 2. The molecule has 2 heterocycles. The van der Waals surface area contributed by atoms with Crippen LogP contribution in [-0.4, -0.2) is 20.4 Å². The zero-order valence-corrected chi connectivity index (χ0v) is 8.13. The maximum absolute atomic E-state index is 10.8. The first-order valence-electron chi connectivity index (χ1n) is 3.85. The lowest BCUT2D eigenvalue weighted by Crippen LogP contribution is -2.01. The van der Waals surface area contributed by atoms with Crippen LogP contribution >= 0.6 is 11.5 Å². The van der Waals surface area contributed by atoms with Gasteiger partial charge >= 0.3 is 5.97 Å². The highest BCUT2D eigenvalue weighted by molar-refractivity contribution is 7.13. The molecule has 0 saturated heterocycles. The maximum Gasteiger partial charge on any atom is 0.337 e. The van der Waals surface area contributed by atoms with Gasteiger partial charge in [-0.1, -0.05) is 0 Å². The Balaban J connectivity index is 2.80. The third-order valence-corrected chi connectivity index (χ3v) is 2.69. The first-order chi connectivity index (χ1) is 6.59. The molecular formula is C8H7N3O2S. The molecule has 0 saturated carbocycles. The molecular weight excluding hydrogens is 202 g/mol. The van der Waals surface area contributed by atoms with Crippen LogP contribution in [0.1, 0.15) is 16.1 Å². The number of carboxylic acid groups (broad SMARTS) is 1. The molecule has 0 fully saturated rings. The van der Waals surface area contributed by atoms with Gasteiger partial charge < -0.3 is 10.8 Å². The molecule has 0 amide bonds. The highest BCUT2D eigenvalue weighted by atomic mass is 32.1. The molecule has 6 heteroatoms. The molecule has 0 aliphatic rings. The van der Waals surface area contributed by atoms with Crippen molar-refractivity contribution in [1.29, 1.82) is 0 Å². The highest BCUT2D eigenvalue weighted by Gasteiger charge is 2.12. The Labute approximate surface area is 83.4 Å². The molecule has 0 atom stereocenters. The number of anilines is 1. The van der Waals surface area contributed by atoms with Crippen LogP contribution < -0.4 is 5.73 Å². The number of hydrogen-bond donors (Lipinski definition) is 2. The molecule has 72 valence electrons. The fraction of sp³-hybridized carbons (Fsp3) is 0.125. The number of pyridine rings is 1. The highest BCUT2D eigenvalue weighted by Crippen LogP contribution is 2.24. The molecule has 0 aliphatic heterocycles. The summed E-state index contributed by atoms with van der Waals surface area (Å²) in [5.41, 5.74) is 6.21. The van der Waals surface area contributed by atoms with Gasteiger partial charge in [-0.3, -0.25) is 0 Å². The van der Waals surface area contributed by atoms with Crippen molar-refractivity contribution in [2.24, 2.45) is 0 Å². The van der Waals surface area contributed by atoms with Gasteiger partial charge in [-0.15, -0.1) is 0 Å². The van der Waals surface area contributed by atoms with Gasteiger partial charge in [0.2, 0.25) is 0 Å². The van der Waals surface area contributed by atoms with E-state index in [1.165, 1.54) is 17.6 Å². The van der Waals surface area contributed by atoms with Gasteiger partial charge in [-0.25, -0.2) is 9.78 Å². The van der Waals surface area contributed by atoms with Gasteiger partial charge in [-0.2, -0.15) is 4.37 Å². The van der Waals surface area contributed by atoms with Crippen molar-refractivity contribution in [2.45, 2.75) is 6.92 Å². The fourth-order valence-corrected chi connectivity index (χ4v) is 1.92. The van der Waals surface area contributed by atoms with Gasteiger partial charge in [-0.05, 0) is 24.5 Å². The number of fused-ring (bicyclic) bond motifs is 1. The molecule has 0 radical (unpaired) electrons. The maximum atomic E-state index is 10.8. The normalized spacial score (nSPS) is 10.6. The van der Waals surface area contributed by atoms with Crippen LogP contribution in [0.5, 0.6) is 0 Å². The Kier molecular flexibility index (Phi) is 1.85. The van der Waals surface area contributed by atoms with E-state index in [-0.39, 0.29) is 5.56 Å². The summed E-state index contributed by atoms with van der Waals surface area (Å²) in [6.07, 6.45) is 0. The predicted octanol–water partition coefficient (Wildman–Crippen LogP) is 1.28. The summed E-state index contributed by atoms with van der Waals surface area (Å²) >= 11 is 1.17. The van der Waals surface area contributed by atoms with Crippen molar-refractivity contribution in [3.8, 4) is 0 Å². The third kappa shape index (κ3) is 1.20. The summed E-state index contributed by atoms with van der Waals surface area (Å²) in [5.74, 6) is -0.664. The molecule has 0 aliphatic carbocycles. The fourth-order valence-electron chi connectivity index (χ4n) is 1.19. The molecule has 2 rings (SSSR count). The second-order valence-electron chi connectivity index (χ2n) is 2.85. The van der Waals surface area contributed by atoms with Crippen LogP contribution in [0.15, 0.2) is 6.07 Å². The van der Waals surface area contributed by atoms with E-state index < -0.39 is 5.97 Å². The molecule has 0 aromatic carbocycles. The number of hydrogen-bond acceptors (Lipinski definition) is 5. The summed E-state index contributed by atoms with van der Waals surface area (Å²) in [5, 5.41) is 9.46. The van der Waals surface area contributed by atoms with Crippen LogP contribution in [0.25, 0.3) is 10.2 Å². The van der Waals surface area contributed by atoms with Crippen molar-refractivity contribution in [3.63, 3.8) is 0 Å². The number of aromatic carboxylic acids is 1. The van der Waals surface area contributed by atoms with E-state index in [0.717, 1.165) is 0 Å². The van der Waals surface area contributed by atoms with Crippen molar-refractivity contribution in [1.82, 2.24) is 9.36 Å². The first-order valence-corrected chi connectivity index (χ1v) is 4.62. The largest absolute Gasteiger partial charge is 0.478 e. The summed E-state index contributed by atoms with van der Waals surface area (Å²) in [6.45, 7) is 1.65. The second-order valence-corrected chi connectivity index (χ2v) is 3.60. The number of carbonyl (C=O) groups is 1. The van der Waals surface area contributed by atoms with Gasteiger partial charge in [0, 0.05) is 0 Å². The van der Waals surface area contributed by atoms with E-state index >= 15 is 0 Å². The lowest BCUT2D eigenvalue weighted by molar-refractivity contribution is 0.0696. The summed E-state index contributed by atoms with van der Waals surface area (Å²) in [6, 6.07) is 1.51. The van der Waals surface area contributed by atoms with Gasteiger partial charge in [0.25, 0.3) is 0 Å². The average molecular weight is 209 g/mol. The third-order valence-electron chi connectivity index (χ3n) is 1.91. The number of nitrogen functional groups attached to an aromatic ring is 1. The average Bonchev–Trinajstić information content (AvgIpc) is 2.46. The SMILES string of the molecule is Cc1nc2snc(N)c2cc1C(=O)O. The molecule has 2 aromatic rings. The molecule has 0 spiro atoms. The minimum Gasteiger partial charge on any atom is -0.478 e. The monoisotopic (exact) mass is 209 g/mol. The molecule has 0 bridgehead atoms. The molecule has 3 N–H and O–H groups in total. The minimum absolute atomic E-state index is 0.171. The Bertz CT molecular complexity index is 521. The Morgan fingerprint density at radius 3 is 3.00 bits per heavy atom. The number of carboxylic acids is 1. The second kappa shape index (κ2) is 2.91. The predicted molar refractivity (Wildman–Crippen MR) is 53.5 cm³/mol. The molecule has 2 aromatic heterocycles. The molecule has 14 heavy (non-hydrogen) atoms. The van der Waals surface area contributed by atoms with Crippen molar-refractivity contribution >= 4 is 33.5 Å². The van der Waals surface area contributed by atoms with E-state index in [0.29, 0.717) is 21.7 Å². The number of nitrogens with two attached hydrogens (primary N) is 1. The van der Waals surface area contributed by atoms with Crippen LogP contribution in [0, 0.1) is 6.92 Å². The van der Waals surface area contributed by atoms with E-state index in [1.807, 2.05) is 0 Å². The lowest BCUT2D eigenvalue weighted by atomic mass is 10.2. The topological polar surface area (TPSA) is 89.1 Å². The van der Waals surface area contributed by atoms with Gasteiger partial charge in [0.15, 0.2) is 0 Å². The van der Waals surface area contributed by atoms with E-state index in [2.05, 4.69) is 9.36 Å². The van der Waals surface area contributed by atoms with Crippen molar-refractivity contribution < 1.29 is 9.90 Å². The quantitative estimate of drug-likeness (QED) is 0.738. The molecule has 0 unspecified atom stereocenters. The van der Waals surface area contributed by atoms with Gasteiger partial charge in [0.05, 0.1) is 16.6 Å². The van der Waals surface area contributed by atoms with Crippen LogP contribution in [0.4, 0.5) is 5.82 Å². The first kappa shape index (κ1) is 8.89. The Morgan fingerprint density at radius 1 is 1.64 bits per heavy atom. The van der Waals surface area contributed by atoms with E-state index in [1.54, 1.807) is 6.92 Å². The summed E-state index contributed by atoms with van der Waals surface area (Å²) in [4.78, 5) is 15.6. The Morgan fingerprint density at radius 2 is 2.36 bits per heavy atom. The smallest absolute Gasteiger partial charge is 0.337 e. The van der Waals surface area contributed by atoms with Crippen LogP contribution in [0.3, 0.4) is 0 Å². The Hall–Kier alpha value is -1.69. The van der Waals surface area contributed by atoms with Crippen molar-refractivity contribution in [3.05, 3.63) is 17.3 Å². The minimum atomic E-state index is -0.998. The number of aryl methyl sites for hydroxylation is 1. The van der Waals surface area contributed by atoms with E-state index in [4.69, 9.17) is 10.8 Å². The zero-order chi connectivity index (χ0) is 10.3. The summed E-state index contributed by atoms with van der Waals surface area (Å²) < 4.78 is 3.90. The zero-order valence-electron chi connectivity index (χ0n) is 7.31. The van der Waals surface area contributed by atoms with Crippen LogP contribution in [-0.2, 0) is 0 Å². The van der Waals surface area contributed by atoms with E-state index in [9.17, 15) is 4.79 Å². The molecule has 5 nitrogen and oxygen atoms in total. The number of aromatic nitrogens is 2. The standard InChI is InChI=1S/C8H7N3O2S/c1-3-4(8(12)13)2-5-6(9)11-14-7(5)10-3/h2H,1H3,(H2,9,11)(H,12,13). The van der Waals surface area contributed by atoms with Crippen molar-refractivity contribution in [2.75, 3.05) is 5.73 Å². The lowest BCUT2D eigenvalue weighted by Gasteiger charge is -1.99. The summed E-state index contributed by atoms with van der Waals surface area (Å²) in [7, 11) is 0. The number of rotatable bonds is 1.